The largest absolute Gasteiger partial charge is 0.481 e. The number of nitrogens with one attached hydrogen (secondary N) is 1. The normalized spacial score (nSPS) is 32.7. The number of rotatable bonds is 2. The number of aliphatic carboxylic acids is 1. The second-order valence-corrected chi connectivity index (χ2v) is 6.09. The van der Waals surface area contributed by atoms with Crippen LogP contribution in [-0.2, 0) is 9.53 Å². The summed E-state index contributed by atoms with van der Waals surface area (Å²) in [4.78, 5) is 11.6. The summed E-state index contributed by atoms with van der Waals surface area (Å²) in [6.07, 6.45) is 5.10. The van der Waals surface area contributed by atoms with Gasteiger partial charge in [0.05, 0.1) is 13.2 Å². The summed E-state index contributed by atoms with van der Waals surface area (Å²) in [5.41, 5.74) is 3.47. The molecule has 0 amide bonds. The summed E-state index contributed by atoms with van der Waals surface area (Å²) in [7, 11) is 0. The predicted octanol–water partition coefficient (Wildman–Crippen LogP) is 0.184. The van der Waals surface area contributed by atoms with Crippen LogP contribution in [0.4, 0.5) is 0 Å². The van der Waals surface area contributed by atoms with Crippen molar-refractivity contribution in [2.75, 3.05) is 26.3 Å². The van der Waals surface area contributed by atoms with Gasteiger partial charge in [0.15, 0.2) is 0 Å². The van der Waals surface area contributed by atoms with Crippen LogP contribution in [0.5, 0.6) is 0 Å². The Labute approximate surface area is 114 Å². The van der Waals surface area contributed by atoms with Crippen LogP contribution in [0.1, 0.15) is 32.6 Å². The van der Waals surface area contributed by atoms with Crippen molar-refractivity contribution in [1.29, 1.82) is 0 Å². The van der Waals surface area contributed by atoms with Crippen LogP contribution in [0.3, 0.4) is 0 Å². The summed E-state index contributed by atoms with van der Waals surface area (Å²) in [6.45, 7) is 5.64. The molecule has 6 nitrogen and oxygen atoms in total. The molecule has 2 aliphatic heterocycles. The molecule has 4 N–H and O–H groups in total. The van der Waals surface area contributed by atoms with Gasteiger partial charge in [0.1, 0.15) is 0 Å². The first-order valence-electron chi connectivity index (χ1n) is 7.02. The molecule has 2 heterocycles. The Hall–Kier alpha value is -0.690. The summed E-state index contributed by atoms with van der Waals surface area (Å²) in [5.74, 6) is 4.63. The number of likely N-dealkylation sites (tertiary alicyclic amines) is 1. The zero-order chi connectivity index (χ0) is 13.9. The number of carboxylic acids is 1. The van der Waals surface area contributed by atoms with Gasteiger partial charge < -0.3 is 9.84 Å². The van der Waals surface area contributed by atoms with Gasteiger partial charge in [-0.05, 0) is 25.7 Å². The molecule has 1 saturated carbocycles. The smallest absolute Gasteiger partial charge is 0.300 e. The van der Waals surface area contributed by atoms with Crippen molar-refractivity contribution < 1.29 is 14.6 Å². The minimum atomic E-state index is -0.833. The van der Waals surface area contributed by atoms with Crippen molar-refractivity contribution in [3.63, 3.8) is 0 Å². The van der Waals surface area contributed by atoms with Gasteiger partial charge in [-0.25, -0.2) is 0 Å². The van der Waals surface area contributed by atoms with Crippen LogP contribution in [0.25, 0.3) is 0 Å². The van der Waals surface area contributed by atoms with Gasteiger partial charge in [-0.2, -0.15) is 0 Å². The molecule has 2 saturated heterocycles. The van der Waals surface area contributed by atoms with E-state index in [-0.39, 0.29) is 0 Å². The zero-order valence-electron chi connectivity index (χ0n) is 11.6. The second kappa shape index (κ2) is 6.17. The van der Waals surface area contributed by atoms with Crippen molar-refractivity contribution in [3.05, 3.63) is 0 Å². The highest BCUT2D eigenvalue weighted by Gasteiger charge is 2.50. The first-order chi connectivity index (χ1) is 9.04. The molecule has 110 valence electrons. The lowest BCUT2D eigenvalue weighted by Gasteiger charge is -2.58. The maximum Gasteiger partial charge on any atom is 0.300 e. The van der Waals surface area contributed by atoms with Gasteiger partial charge in [0.25, 0.3) is 5.97 Å². The number of hydrogen-bond acceptors (Lipinski definition) is 5. The molecular formula is C13H25N3O3. The predicted molar refractivity (Wildman–Crippen MR) is 71.5 cm³/mol. The Kier molecular flexibility index (Phi) is 4.78. The fraction of sp³-hybridized carbons (Fsp3) is 0.923. The van der Waals surface area contributed by atoms with Crippen LogP contribution in [0.2, 0.25) is 0 Å². The number of nitrogens with zero attached hydrogens (tertiary/aromatic N) is 1. The van der Waals surface area contributed by atoms with Gasteiger partial charge in [0, 0.05) is 37.5 Å². The van der Waals surface area contributed by atoms with E-state index in [2.05, 4.69) is 10.3 Å². The van der Waals surface area contributed by atoms with Gasteiger partial charge in [-0.15, -0.1) is 0 Å². The van der Waals surface area contributed by atoms with E-state index >= 15 is 0 Å². The SMILES string of the molecule is CC(=O)O.NN[C@H]1CC[C@H](N2CC3(COC3)C2)CC1. The molecule has 6 heteroatoms. The first kappa shape index (κ1) is 14.7. The molecule has 3 aliphatic rings. The molecule has 0 bridgehead atoms. The highest BCUT2D eigenvalue weighted by atomic mass is 16.5. The quantitative estimate of drug-likeness (QED) is 0.491. The number of hydrogen-bond donors (Lipinski definition) is 3. The lowest BCUT2D eigenvalue weighted by molar-refractivity contribution is -0.200. The molecule has 0 aromatic rings. The van der Waals surface area contributed by atoms with E-state index in [0.717, 1.165) is 26.2 Å². The molecule has 0 unspecified atom stereocenters. The Morgan fingerprint density at radius 1 is 1.32 bits per heavy atom. The average molecular weight is 271 g/mol. The minimum absolute atomic E-state index is 0.559. The lowest BCUT2D eigenvalue weighted by Crippen LogP contribution is -2.68. The standard InChI is InChI=1S/C11H21N3O.C2H4O2/c12-13-9-1-3-10(4-2-9)14-5-11(6-14)7-15-8-11;1-2(3)4/h9-10,13H,1-8,12H2;1H3,(H,3,4)/t9-,10-;. The van der Waals surface area contributed by atoms with E-state index in [4.69, 9.17) is 20.5 Å². The number of nitrogens with two attached hydrogens (primary N) is 1. The second-order valence-electron chi connectivity index (χ2n) is 6.09. The van der Waals surface area contributed by atoms with Gasteiger partial charge in [0.2, 0.25) is 0 Å². The van der Waals surface area contributed by atoms with Gasteiger partial charge >= 0.3 is 0 Å². The molecule has 0 radical (unpaired) electrons. The van der Waals surface area contributed by atoms with Crippen molar-refractivity contribution in [1.82, 2.24) is 10.3 Å². The molecule has 19 heavy (non-hydrogen) atoms. The van der Waals surface area contributed by atoms with Crippen LogP contribution in [-0.4, -0.2) is 54.4 Å². The van der Waals surface area contributed by atoms with Crippen molar-refractivity contribution in [2.45, 2.75) is 44.7 Å². The van der Waals surface area contributed by atoms with E-state index in [9.17, 15) is 0 Å². The van der Waals surface area contributed by atoms with E-state index in [1.807, 2.05) is 0 Å². The molecule has 3 fully saturated rings. The number of ether oxygens (including phenoxy) is 1. The highest BCUT2D eigenvalue weighted by molar-refractivity contribution is 5.62. The third kappa shape index (κ3) is 3.66. The summed E-state index contributed by atoms with van der Waals surface area (Å²) < 4.78 is 5.30. The molecule has 0 aromatic carbocycles. The molecule has 1 spiro atoms. The third-order valence-electron chi connectivity index (χ3n) is 4.34. The molecular weight excluding hydrogens is 246 g/mol. The first-order valence-corrected chi connectivity index (χ1v) is 7.02. The van der Waals surface area contributed by atoms with Crippen molar-refractivity contribution >= 4 is 5.97 Å². The van der Waals surface area contributed by atoms with Crippen LogP contribution >= 0.6 is 0 Å². The topological polar surface area (TPSA) is 87.8 Å². The van der Waals surface area contributed by atoms with E-state index in [1.165, 1.54) is 38.8 Å². The van der Waals surface area contributed by atoms with Gasteiger partial charge in [-0.1, -0.05) is 0 Å². The third-order valence-corrected chi connectivity index (χ3v) is 4.34. The molecule has 0 atom stereocenters. The Bertz CT molecular complexity index is 300. The molecule has 1 aliphatic carbocycles. The Balaban J connectivity index is 0.000000297. The molecule has 3 rings (SSSR count). The van der Waals surface area contributed by atoms with Crippen LogP contribution in [0, 0.1) is 5.41 Å². The number of carbonyl (C=O) groups is 1. The average Bonchev–Trinajstić information content (AvgIpc) is 2.25. The van der Waals surface area contributed by atoms with Crippen LogP contribution < -0.4 is 11.3 Å². The monoisotopic (exact) mass is 271 g/mol. The van der Waals surface area contributed by atoms with Crippen molar-refractivity contribution in [3.8, 4) is 0 Å². The van der Waals surface area contributed by atoms with Gasteiger partial charge in [-0.3, -0.25) is 21.0 Å². The maximum atomic E-state index is 9.00. The highest BCUT2D eigenvalue weighted by Crippen LogP contribution is 2.40. The van der Waals surface area contributed by atoms with E-state index in [1.54, 1.807) is 0 Å². The number of carboxylic acid groups (broad SMARTS) is 1. The Morgan fingerprint density at radius 3 is 2.21 bits per heavy atom. The molecule has 0 aromatic heterocycles. The number of hydrazine groups is 1. The van der Waals surface area contributed by atoms with E-state index < -0.39 is 5.97 Å². The lowest BCUT2D eigenvalue weighted by atomic mass is 9.75. The van der Waals surface area contributed by atoms with E-state index in [0.29, 0.717) is 11.5 Å². The maximum absolute atomic E-state index is 9.00. The summed E-state index contributed by atoms with van der Waals surface area (Å²) in [5, 5.41) is 7.42. The summed E-state index contributed by atoms with van der Waals surface area (Å²) >= 11 is 0. The van der Waals surface area contributed by atoms with Crippen molar-refractivity contribution in [2.24, 2.45) is 11.3 Å². The Morgan fingerprint density at radius 2 is 1.84 bits per heavy atom. The summed E-state index contributed by atoms with van der Waals surface area (Å²) in [6, 6.07) is 1.38. The fourth-order valence-electron chi connectivity index (χ4n) is 3.25. The minimum Gasteiger partial charge on any atom is -0.481 e. The zero-order valence-corrected chi connectivity index (χ0v) is 11.6. The fourth-order valence-corrected chi connectivity index (χ4v) is 3.25. The van der Waals surface area contributed by atoms with Crippen LogP contribution in [0.15, 0.2) is 0 Å².